The number of esters is 1. The molecular formula is C41H77F2NO7SSi3. The van der Waals surface area contributed by atoms with Crippen LogP contribution in [-0.2, 0) is 32.8 Å². The van der Waals surface area contributed by atoms with Crippen LogP contribution in [-0.4, -0.2) is 71.3 Å². The lowest BCUT2D eigenvalue weighted by Crippen LogP contribution is -2.47. The summed E-state index contributed by atoms with van der Waals surface area (Å²) in [5, 5.41) is -0.0947. The Morgan fingerprint density at radius 3 is 1.75 bits per heavy atom. The van der Waals surface area contributed by atoms with E-state index < -0.39 is 57.6 Å². The fraction of sp³-hybridized carbons (Fsp3) is 0.829. The normalized spacial score (nSPS) is 21.2. The lowest BCUT2D eigenvalue weighted by atomic mass is 9.85. The zero-order valence-corrected chi connectivity index (χ0v) is 41.0. The molecule has 320 valence electrons. The number of carbonyl (C=O) groups is 1. The third kappa shape index (κ3) is 14.3. The zero-order chi connectivity index (χ0) is 42.4. The Kier molecular flexibility index (Phi) is 17.7. The molecule has 0 radical (unpaired) electrons. The van der Waals surface area contributed by atoms with E-state index in [0.29, 0.717) is 18.9 Å². The number of unbranched alkanes of at least 4 members (excludes halogenated alkanes) is 3. The van der Waals surface area contributed by atoms with Crippen molar-refractivity contribution in [1.29, 1.82) is 0 Å². The van der Waals surface area contributed by atoms with Crippen LogP contribution >= 0.6 is 0 Å². The largest absolute Gasteiger partial charge is 0.469 e. The maximum atomic E-state index is 14.7. The molecule has 1 N–H and O–H groups in total. The molecule has 1 saturated carbocycles. The van der Waals surface area contributed by atoms with Crippen LogP contribution < -0.4 is 4.72 Å². The number of rotatable bonds is 20. The molecule has 0 heterocycles. The van der Waals surface area contributed by atoms with Gasteiger partial charge in [-0.2, -0.15) is 0 Å². The van der Waals surface area contributed by atoms with E-state index in [1.54, 1.807) is 0 Å². The highest BCUT2D eigenvalue weighted by Gasteiger charge is 2.51. The summed E-state index contributed by atoms with van der Waals surface area (Å²) in [7, 11) is -9.60. The molecule has 5 atom stereocenters. The molecule has 14 heteroatoms. The average Bonchev–Trinajstić information content (AvgIpc) is 3.31. The Labute approximate surface area is 337 Å². The molecule has 1 fully saturated rings. The van der Waals surface area contributed by atoms with Crippen molar-refractivity contribution in [1.82, 2.24) is 4.72 Å². The zero-order valence-electron chi connectivity index (χ0n) is 37.2. The van der Waals surface area contributed by atoms with Crippen molar-refractivity contribution >= 4 is 40.9 Å². The third-order valence-electron chi connectivity index (χ3n) is 13.1. The summed E-state index contributed by atoms with van der Waals surface area (Å²) in [6, 6.07) is 2.49. The standard InChI is InChI=1S/C41H77F2NO7SSi3/c1-39(2,3)53(11,12)49-31(29-44-52(46,47)37-26-23-30(42)27-34(37)43)24-25-33-32(21-19-17-18-20-22-38(45)48-10)35(50-54(13,14)40(4,5)6)28-36(33)51-55(15,16)41(7,8)9/h23,26-27,31-33,35-36,44H,17-22,24-25,28-29H2,1-16H3/t31?,32-,33-,35+,36-/m1/s1. The summed E-state index contributed by atoms with van der Waals surface area (Å²) in [5.74, 6) is -1.78. The van der Waals surface area contributed by atoms with Gasteiger partial charge in [-0.3, -0.25) is 4.79 Å². The summed E-state index contributed by atoms with van der Waals surface area (Å²) in [5.41, 5.74) is 0. The van der Waals surface area contributed by atoms with E-state index in [-0.39, 0.29) is 51.7 Å². The lowest BCUT2D eigenvalue weighted by molar-refractivity contribution is -0.140. The van der Waals surface area contributed by atoms with Gasteiger partial charge in [-0.15, -0.1) is 0 Å². The molecule has 55 heavy (non-hydrogen) atoms. The van der Waals surface area contributed by atoms with E-state index in [1.165, 1.54) is 7.11 Å². The van der Waals surface area contributed by atoms with Crippen molar-refractivity contribution in [2.45, 2.75) is 198 Å². The summed E-state index contributed by atoms with van der Waals surface area (Å²) in [6.07, 6.45) is 6.77. The van der Waals surface area contributed by atoms with Gasteiger partial charge in [0.05, 0.1) is 25.4 Å². The molecule has 1 aliphatic carbocycles. The van der Waals surface area contributed by atoms with Gasteiger partial charge in [-0.1, -0.05) is 81.6 Å². The third-order valence-corrected chi connectivity index (χ3v) is 28.1. The minimum atomic E-state index is -4.28. The number of halogens is 2. The van der Waals surface area contributed by atoms with Gasteiger partial charge in [0.25, 0.3) is 0 Å². The van der Waals surface area contributed by atoms with Gasteiger partial charge < -0.3 is 18.0 Å². The molecule has 0 bridgehead atoms. The molecule has 0 spiro atoms. The molecule has 1 aromatic carbocycles. The van der Waals surface area contributed by atoms with E-state index in [4.69, 9.17) is 18.0 Å². The molecule has 1 aromatic rings. The van der Waals surface area contributed by atoms with E-state index in [9.17, 15) is 22.0 Å². The van der Waals surface area contributed by atoms with Crippen LogP contribution in [0.5, 0.6) is 0 Å². The van der Waals surface area contributed by atoms with Crippen molar-refractivity contribution in [2.75, 3.05) is 13.7 Å². The van der Waals surface area contributed by atoms with Crippen molar-refractivity contribution in [3.63, 3.8) is 0 Å². The second kappa shape index (κ2) is 19.4. The summed E-state index contributed by atoms with van der Waals surface area (Å²) in [4.78, 5) is 11.1. The van der Waals surface area contributed by atoms with Gasteiger partial charge in [0.15, 0.2) is 25.0 Å². The summed E-state index contributed by atoms with van der Waals surface area (Å²) < 4.78 is 84.1. The van der Waals surface area contributed by atoms with Gasteiger partial charge in [0.1, 0.15) is 16.5 Å². The predicted octanol–water partition coefficient (Wildman–Crippen LogP) is 11.3. The number of nitrogens with one attached hydrogen (secondary N) is 1. The van der Waals surface area contributed by atoms with Crippen LogP contribution in [0.1, 0.15) is 120 Å². The minimum Gasteiger partial charge on any atom is -0.469 e. The van der Waals surface area contributed by atoms with Crippen molar-refractivity contribution in [3.8, 4) is 0 Å². The molecular weight excluding hydrogens is 773 g/mol. The number of benzene rings is 1. The molecule has 0 amide bonds. The van der Waals surface area contributed by atoms with Crippen LogP contribution in [0.4, 0.5) is 8.78 Å². The number of hydrogen-bond acceptors (Lipinski definition) is 7. The van der Waals surface area contributed by atoms with Gasteiger partial charge in [-0.25, -0.2) is 21.9 Å². The minimum absolute atomic E-state index is 0.00689. The first-order chi connectivity index (χ1) is 24.8. The second-order valence-electron chi connectivity index (χ2n) is 20.4. The lowest BCUT2D eigenvalue weighted by Gasteiger charge is -2.41. The smallest absolute Gasteiger partial charge is 0.305 e. The predicted molar refractivity (Wildman–Crippen MR) is 228 cm³/mol. The second-order valence-corrected chi connectivity index (χ2v) is 36.4. The maximum Gasteiger partial charge on any atom is 0.305 e. The van der Waals surface area contributed by atoms with Gasteiger partial charge in [0.2, 0.25) is 10.0 Å². The highest BCUT2D eigenvalue weighted by molar-refractivity contribution is 7.89. The van der Waals surface area contributed by atoms with Crippen LogP contribution in [0.25, 0.3) is 0 Å². The Bertz CT molecular complexity index is 1500. The van der Waals surface area contributed by atoms with Crippen LogP contribution in [0.2, 0.25) is 54.4 Å². The molecule has 8 nitrogen and oxygen atoms in total. The maximum absolute atomic E-state index is 14.7. The van der Waals surface area contributed by atoms with Gasteiger partial charge in [-0.05, 0) is 110 Å². The molecule has 0 saturated heterocycles. The Morgan fingerprint density at radius 1 is 0.782 bits per heavy atom. The van der Waals surface area contributed by atoms with E-state index in [2.05, 4.69) is 106 Å². The van der Waals surface area contributed by atoms with E-state index in [0.717, 1.165) is 57.1 Å². The Morgan fingerprint density at radius 2 is 1.27 bits per heavy atom. The number of sulfonamides is 1. The number of hydrogen-bond donors (Lipinski definition) is 1. The topological polar surface area (TPSA) is 100 Å². The summed E-state index contributed by atoms with van der Waals surface area (Å²) >= 11 is 0. The monoisotopic (exact) mass is 849 g/mol. The quantitative estimate of drug-likeness (QED) is 0.0792. The van der Waals surface area contributed by atoms with Crippen LogP contribution in [0.3, 0.4) is 0 Å². The first kappa shape index (κ1) is 50.1. The van der Waals surface area contributed by atoms with Gasteiger partial charge in [0, 0.05) is 19.0 Å². The summed E-state index contributed by atoms with van der Waals surface area (Å²) in [6.45, 7) is 33.5. The van der Waals surface area contributed by atoms with Crippen LogP contribution in [0.15, 0.2) is 23.1 Å². The number of methoxy groups -OCH3 is 1. The van der Waals surface area contributed by atoms with Crippen LogP contribution in [0, 0.1) is 23.5 Å². The first-order valence-corrected chi connectivity index (χ1v) is 30.6. The number of ether oxygens (including phenoxy) is 1. The Hall–Kier alpha value is -1.01. The van der Waals surface area contributed by atoms with Crippen molar-refractivity contribution in [3.05, 3.63) is 29.8 Å². The molecule has 0 aliphatic heterocycles. The van der Waals surface area contributed by atoms with E-state index in [1.807, 2.05) is 0 Å². The van der Waals surface area contributed by atoms with Crippen molar-refractivity contribution < 1.29 is 40.0 Å². The molecule has 0 aromatic heterocycles. The van der Waals surface area contributed by atoms with Gasteiger partial charge >= 0.3 is 5.97 Å². The number of carbonyl (C=O) groups excluding carboxylic acids is 1. The fourth-order valence-electron chi connectivity index (χ4n) is 6.56. The molecule has 1 aliphatic rings. The molecule has 1 unspecified atom stereocenters. The Balaban J connectivity index is 2.53. The average molecular weight is 850 g/mol. The molecule has 2 rings (SSSR count). The fourth-order valence-corrected chi connectivity index (χ4v) is 11.8. The highest BCUT2D eigenvalue weighted by atomic mass is 32.2. The SMILES string of the molecule is COC(=O)CCCCCC[C@@H]1[C@@H](CCC(CNS(=O)(=O)c2ccc(F)cc2F)O[Si](C)(C)C(C)(C)C)[C@H](O[Si](C)(C)C(C)(C)C)C[C@@H]1O[Si](C)(C)C(C)(C)C. The first-order valence-electron chi connectivity index (χ1n) is 20.4. The van der Waals surface area contributed by atoms with E-state index >= 15 is 0 Å². The highest BCUT2D eigenvalue weighted by Crippen LogP contribution is 2.49. The van der Waals surface area contributed by atoms with Crippen molar-refractivity contribution in [2.24, 2.45) is 11.8 Å².